The predicted molar refractivity (Wildman–Crippen MR) is 161 cm³/mol. The van der Waals surface area contributed by atoms with Crippen LogP contribution in [-0.4, -0.2) is 18.4 Å². The van der Waals surface area contributed by atoms with Gasteiger partial charge in [-0.3, -0.25) is 0 Å². The second-order valence-electron chi connectivity index (χ2n) is 10.4. The Morgan fingerprint density at radius 1 is 0.667 bits per heavy atom. The number of aryl methyl sites for hydroxylation is 1. The molecule has 3 heteroatoms. The molecular formula is C30H55BrSSn. The Morgan fingerprint density at radius 2 is 1.12 bits per heavy atom. The first kappa shape index (κ1) is 31.7. The van der Waals surface area contributed by atoms with Crippen molar-refractivity contribution in [1.82, 2.24) is 0 Å². The number of thiophene rings is 1. The molecule has 0 aromatic carbocycles. The zero-order valence-electron chi connectivity index (χ0n) is 22.7. The molecule has 0 saturated heterocycles. The van der Waals surface area contributed by atoms with E-state index in [-0.39, 0.29) is 0 Å². The minimum atomic E-state index is -2.17. The molecule has 0 saturated carbocycles. The summed E-state index contributed by atoms with van der Waals surface area (Å²) >= 11 is 3.69. The normalized spacial score (nSPS) is 12.3. The van der Waals surface area contributed by atoms with Crippen molar-refractivity contribution < 1.29 is 0 Å². The third kappa shape index (κ3) is 14.8. The van der Waals surface area contributed by atoms with Crippen molar-refractivity contribution in [1.29, 1.82) is 0 Å². The van der Waals surface area contributed by atoms with Crippen LogP contribution in [0.3, 0.4) is 0 Å². The van der Waals surface area contributed by atoms with E-state index in [4.69, 9.17) is 0 Å². The van der Waals surface area contributed by atoms with E-state index in [1.165, 1.54) is 118 Å². The van der Waals surface area contributed by atoms with Gasteiger partial charge in [-0.05, 0) is 0 Å². The third-order valence-corrected chi connectivity index (χ3v) is 23.2. The molecule has 1 rings (SSSR count). The Labute approximate surface area is 224 Å². The summed E-state index contributed by atoms with van der Waals surface area (Å²) in [6, 6.07) is 2.50. The average Bonchev–Trinajstić information content (AvgIpc) is 3.18. The van der Waals surface area contributed by atoms with E-state index in [0.717, 1.165) is 0 Å². The van der Waals surface area contributed by atoms with Crippen LogP contribution in [0.5, 0.6) is 0 Å². The molecule has 192 valence electrons. The van der Waals surface area contributed by atoms with E-state index in [0.29, 0.717) is 0 Å². The first-order valence-electron chi connectivity index (χ1n) is 14.6. The van der Waals surface area contributed by atoms with Gasteiger partial charge in [0.2, 0.25) is 0 Å². The van der Waals surface area contributed by atoms with Gasteiger partial charge in [-0.25, -0.2) is 0 Å². The number of hydrogen-bond donors (Lipinski definition) is 0. The van der Waals surface area contributed by atoms with E-state index in [9.17, 15) is 0 Å². The van der Waals surface area contributed by atoms with Gasteiger partial charge >= 0.3 is 194 Å². The van der Waals surface area contributed by atoms with Gasteiger partial charge in [-0.1, -0.05) is 32.6 Å². The van der Waals surface area contributed by atoms with Crippen LogP contribution in [-0.2, 0) is 6.42 Å². The van der Waals surface area contributed by atoms with Crippen LogP contribution < -0.4 is 0 Å². The summed E-state index contributed by atoms with van der Waals surface area (Å²) in [6.45, 7) is 9.42. The third-order valence-electron chi connectivity index (χ3n) is 7.26. The molecule has 1 aromatic rings. The van der Waals surface area contributed by atoms with Crippen molar-refractivity contribution >= 4 is 51.7 Å². The summed E-state index contributed by atoms with van der Waals surface area (Å²) in [5, 5.41) is 0. The SMILES string of the molecule is CCCCCCCCCCCCc1cc(/C=[CH]/[Sn]([CH2]CCC)([CH2]CCC)[CH2]CCC)sc1Br. The quantitative estimate of drug-likeness (QED) is 0.0869. The zero-order chi connectivity index (χ0) is 24.2. The topological polar surface area (TPSA) is 0 Å². The Hall–Kier alpha value is 0.719. The predicted octanol–water partition coefficient (Wildman–Crippen LogP) is 12.4. The second-order valence-corrected chi connectivity index (χ2v) is 25.8. The van der Waals surface area contributed by atoms with Gasteiger partial charge in [0.15, 0.2) is 0 Å². The summed E-state index contributed by atoms with van der Waals surface area (Å²) in [7, 11) is 0. The van der Waals surface area contributed by atoms with E-state index >= 15 is 0 Å². The average molecular weight is 646 g/mol. The van der Waals surface area contributed by atoms with Crippen LogP contribution in [0.1, 0.15) is 141 Å². The van der Waals surface area contributed by atoms with Crippen molar-refractivity contribution in [2.24, 2.45) is 0 Å². The van der Waals surface area contributed by atoms with E-state index in [2.05, 4.69) is 59.9 Å². The first-order valence-corrected chi connectivity index (χ1v) is 23.9. The summed E-state index contributed by atoms with van der Waals surface area (Å²) in [4.78, 5) is 1.49. The van der Waals surface area contributed by atoms with Crippen LogP contribution in [0.4, 0.5) is 0 Å². The molecular weight excluding hydrogens is 591 g/mol. The van der Waals surface area contributed by atoms with Gasteiger partial charge in [-0.2, -0.15) is 0 Å². The van der Waals surface area contributed by atoms with Crippen molar-refractivity contribution in [2.75, 3.05) is 0 Å². The monoisotopic (exact) mass is 646 g/mol. The summed E-state index contributed by atoms with van der Waals surface area (Å²) in [5.41, 5.74) is 1.55. The van der Waals surface area contributed by atoms with Gasteiger partial charge in [0.1, 0.15) is 0 Å². The number of unbranched alkanes of at least 4 members (excludes halogenated alkanes) is 12. The van der Waals surface area contributed by atoms with Crippen molar-refractivity contribution in [3.05, 3.63) is 24.4 Å². The van der Waals surface area contributed by atoms with E-state index in [1.807, 2.05) is 11.3 Å². The minimum absolute atomic E-state index is 1.25. The van der Waals surface area contributed by atoms with Crippen molar-refractivity contribution in [2.45, 2.75) is 150 Å². The molecule has 0 unspecified atom stereocenters. The molecule has 0 spiro atoms. The Bertz CT molecular complexity index is 585. The molecule has 0 amide bonds. The number of rotatable bonds is 22. The molecule has 0 N–H and O–H groups in total. The molecule has 0 aliphatic heterocycles. The van der Waals surface area contributed by atoms with Crippen LogP contribution >= 0.6 is 27.3 Å². The molecule has 0 fully saturated rings. The van der Waals surface area contributed by atoms with Crippen molar-refractivity contribution in [3.8, 4) is 0 Å². The van der Waals surface area contributed by atoms with Gasteiger partial charge < -0.3 is 0 Å². The van der Waals surface area contributed by atoms with Gasteiger partial charge in [0.25, 0.3) is 0 Å². The molecule has 33 heavy (non-hydrogen) atoms. The summed E-state index contributed by atoms with van der Waals surface area (Å²) in [5.74, 6) is 0. The number of hydrogen-bond acceptors (Lipinski definition) is 1. The van der Waals surface area contributed by atoms with Crippen LogP contribution in [0.25, 0.3) is 6.08 Å². The maximum absolute atomic E-state index is 3.89. The molecule has 0 atom stereocenters. The van der Waals surface area contributed by atoms with Gasteiger partial charge in [0.05, 0.1) is 0 Å². The van der Waals surface area contributed by atoms with Crippen molar-refractivity contribution in [3.63, 3.8) is 0 Å². The zero-order valence-corrected chi connectivity index (χ0v) is 27.9. The molecule has 1 heterocycles. The van der Waals surface area contributed by atoms with Crippen LogP contribution in [0.2, 0.25) is 13.3 Å². The summed E-state index contributed by atoms with van der Waals surface area (Å²) in [6.07, 6.45) is 26.4. The van der Waals surface area contributed by atoms with E-state index in [1.54, 1.807) is 18.9 Å². The van der Waals surface area contributed by atoms with Gasteiger partial charge in [-0.15, -0.1) is 0 Å². The standard InChI is InChI=1S/C18H28BrS.3C4H9.Sn/c1-3-5-6-7-8-9-10-11-12-13-14-16-15-17(4-2)20-18(16)19;3*1-3-4-2;/h2,4,15H,3,5-14H2,1H3;3*1,3-4H2,2H3;. The fourth-order valence-corrected chi connectivity index (χ4v) is 21.2. The molecule has 0 radical (unpaired) electrons. The first-order chi connectivity index (χ1) is 16.1. The van der Waals surface area contributed by atoms with Crippen LogP contribution in [0.15, 0.2) is 13.9 Å². The Morgan fingerprint density at radius 3 is 1.61 bits per heavy atom. The second kappa shape index (κ2) is 20.9. The van der Waals surface area contributed by atoms with Crippen LogP contribution in [0, 0.1) is 0 Å². The molecule has 0 aliphatic rings. The molecule has 0 bridgehead atoms. The molecule has 0 nitrogen and oxygen atoms in total. The molecule has 1 aromatic heterocycles. The Kier molecular flexibility index (Phi) is 20.1. The molecule has 0 aliphatic carbocycles. The number of halogens is 1. The Balaban J connectivity index is 2.54. The van der Waals surface area contributed by atoms with E-state index < -0.39 is 18.4 Å². The summed E-state index contributed by atoms with van der Waals surface area (Å²) < 4.78 is 8.92. The fourth-order valence-electron chi connectivity index (χ4n) is 4.95. The maximum atomic E-state index is 3.89. The fraction of sp³-hybridized carbons (Fsp3) is 0.800. The van der Waals surface area contributed by atoms with Gasteiger partial charge in [0, 0.05) is 0 Å².